The molecule has 1 fully saturated rings. The minimum absolute atomic E-state index is 0.0336. The number of hydrogen-bond acceptors (Lipinski definition) is 7. The van der Waals surface area contributed by atoms with Gasteiger partial charge in [0.2, 0.25) is 11.5 Å². The van der Waals surface area contributed by atoms with Crippen LogP contribution in [0.1, 0.15) is 20.8 Å². The molecule has 2 heterocycles. The van der Waals surface area contributed by atoms with E-state index in [-0.39, 0.29) is 18.1 Å². The lowest BCUT2D eigenvalue weighted by Gasteiger charge is -2.21. The van der Waals surface area contributed by atoms with Crippen molar-refractivity contribution in [2.24, 2.45) is 0 Å². The average molecular weight is 272 g/mol. The number of ether oxygens (including phenoxy) is 5. The van der Waals surface area contributed by atoms with Crippen LogP contribution >= 0.6 is 0 Å². The Labute approximate surface area is 110 Å². The Balaban J connectivity index is 2.23. The summed E-state index contributed by atoms with van der Waals surface area (Å²) in [6, 6.07) is 0. The molecule has 7 nitrogen and oxygen atoms in total. The van der Waals surface area contributed by atoms with Crippen molar-refractivity contribution >= 4 is 11.9 Å². The fraction of sp³-hybridized carbons (Fsp3) is 0.667. The van der Waals surface area contributed by atoms with Crippen molar-refractivity contribution in [1.82, 2.24) is 0 Å². The van der Waals surface area contributed by atoms with Crippen molar-refractivity contribution in [3.63, 3.8) is 0 Å². The molecule has 0 saturated carbocycles. The maximum absolute atomic E-state index is 11.6. The molecule has 2 rings (SSSR count). The van der Waals surface area contributed by atoms with E-state index >= 15 is 0 Å². The van der Waals surface area contributed by atoms with Gasteiger partial charge in [-0.25, -0.2) is 4.79 Å². The Hall–Kier alpha value is -1.60. The van der Waals surface area contributed by atoms with E-state index < -0.39 is 29.9 Å². The highest BCUT2D eigenvalue weighted by molar-refractivity contribution is 5.90. The molecule has 0 bridgehead atoms. The number of rotatable bonds is 3. The normalized spacial score (nSPS) is 29.4. The van der Waals surface area contributed by atoms with Crippen LogP contribution in [0.25, 0.3) is 0 Å². The van der Waals surface area contributed by atoms with E-state index in [0.717, 1.165) is 0 Å². The number of carbonyl (C=O) groups excluding carboxylic acids is 2. The van der Waals surface area contributed by atoms with E-state index in [1.807, 2.05) is 0 Å². The summed E-state index contributed by atoms with van der Waals surface area (Å²) in [6.45, 7) is 4.95. The lowest BCUT2D eigenvalue weighted by Crippen LogP contribution is -2.33. The molecule has 0 aromatic heterocycles. The quantitative estimate of drug-likeness (QED) is 0.691. The van der Waals surface area contributed by atoms with Crippen LogP contribution in [-0.2, 0) is 33.3 Å². The lowest BCUT2D eigenvalue weighted by molar-refractivity contribution is -0.165. The predicted molar refractivity (Wildman–Crippen MR) is 60.6 cm³/mol. The number of esters is 2. The number of carbonyl (C=O) groups is 2. The zero-order valence-corrected chi connectivity index (χ0v) is 11.2. The van der Waals surface area contributed by atoms with Gasteiger partial charge in [-0.3, -0.25) is 4.79 Å². The van der Waals surface area contributed by atoms with E-state index in [9.17, 15) is 9.59 Å². The molecular weight excluding hydrogens is 256 g/mol. The molecule has 7 heteroatoms. The van der Waals surface area contributed by atoms with Gasteiger partial charge in [-0.15, -0.1) is 0 Å². The van der Waals surface area contributed by atoms with E-state index in [1.54, 1.807) is 13.8 Å². The number of methoxy groups -OCH3 is 1. The van der Waals surface area contributed by atoms with E-state index in [2.05, 4.69) is 0 Å². The van der Waals surface area contributed by atoms with Crippen LogP contribution < -0.4 is 0 Å². The van der Waals surface area contributed by atoms with Crippen molar-refractivity contribution < 1.29 is 33.3 Å². The molecule has 19 heavy (non-hydrogen) atoms. The third-order valence-corrected chi connectivity index (χ3v) is 2.73. The van der Waals surface area contributed by atoms with Gasteiger partial charge >= 0.3 is 11.9 Å². The Kier molecular flexibility index (Phi) is 3.51. The molecule has 2 aliphatic rings. The minimum atomic E-state index is -0.840. The summed E-state index contributed by atoms with van der Waals surface area (Å²) in [5.41, 5.74) is 0. The van der Waals surface area contributed by atoms with Crippen LogP contribution in [0.4, 0.5) is 0 Å². The van der Waals surface area contributed by atoms with Gasteiger partial charge < -0.3 is 23.7 Å². The molecule has 0 amide bonds. The van der Waals surface area contributed by atoms with Crippen LogP contribution in [0.5, 0.6) is 0 Å². The summed E-state index contributed by atoms with van der Waals surface area (Å²) >= 11 is 0. The zero-order valence-electron chi connectivity index (χ0n) is 11.2. The molecule has 0 unspecified atom stereocenters. The Bertz CT molecular complexity index is 437. The summed E-state index contributed by atoms with van der Waals surface area (Å²) in [4.78, 5) is 22.7. The first-order valence-corrected chi connectivity index (χ1v) is 5.83. The van der Waals surface area contributed by atoms with Gasteiger partial charge in [-0.1, -0.05) is 0 Å². The van der Waals surface area contributed by atoms with Crippen molar-refractivity contribution in [2.75, 3.05) is 13.7 Å². The third-order valence-electron chi connectivity index (χ3n) is 2.73. The van der Waals surface area contributed by atoms with E-state index in [4.69, 9.17) is 23.7 Å². The first kappa shape index (κ1) is 13.8. The van der Waals surface area contributed by atoms with Crippen molar-refractivity contribution in [1.29, 1.82) is 0 Å². The molecule has 106 valence electrons. The fourth-order valence-corrected chi connectivity index (χ4v) is 2.00. The Morgan fingerprint density at radius 3 is 2.58 bits per heavy atom. The van der Waals surface area contributed by atoms with Crippen LogP contribution in [0.2, 0.25) is 0 Å². The summed E-state index contributed by atoms with van der Waals surface area (Å²) in [5.74, 6) is -2.10. The summed E-state index contributed by atoms with van der Waals surface area (Å²) in [5, 5.41) is 0. The molecule has 1 saturated heterocycles. The number of cyclic esters (lactones) is 1. The monoisotopic (exact) mass is 272 g/mol. The maximum Gasteiger partial charge on any atom is 0.378 e. The van der Waals surface area contributed by atoms with Gasteiger partial charge in [0.15, 0.2) is 11.9 Å². The smallest absolute Gasteiger partial charge is 0.378 e. The van der Waals surface area contributed by atoms with Crippen LogP contribution in [0.3, 0.4) is 0 Å². The highest BCUT2D eigenvalue weighted by Gasteiger charge is 2.48. The first-order valence-electron chi connectivity index (χ1n) is 5.83. The number of hydrogen-bond donors (Lipinski definition) is 0. The maximum atomic E-state index is 11.6. The van der Waals surface area contributed by atoms with Crippen molar-refractivity contribution in [3.8, 4) is 0 Å². The zero-order chi connectivity index (χ0) is 14.2. The SMILES string of the molecule is COC1=C(OC(C)=O)[C@@H]([C@@H]2COC(C)(C)O2)OC1=O. The second-order valence-corrected chi connectivity index (χ2v) is 4.68. The Morgan fingerprint density at radius 1 is 1.42 bits per heavy atom. The molecule has 0 spiro atoms. The van der Waals surface area contributed by atoms with Crippen LogP contribution in [-0.4, -0.2) is 43.7 Å². The molecule has 0 aromatic carbocycles. The molecule has 2 aliphatic heterocycles. The fourth-order valence-electron chi connectivity index (χ4n) is 2.00. The summed E-state index contributed by atoms with van der Waals surface area (Å²) in [7, 11) is 1.30. The largest absolute Gasteiger partial charge is 0.487 e. The lowest BCUT2D eigenvalue weighted by atomic mass is 10.2. The standard InChI is InChI=1S/C12H16O7/c1-6(13)17-9-8(18-11(14)10(9)15-4)7-5-16-12(2,3)19-7/h7-8H,5H2,1-4H3/t7-,8+/m0/s1. The van der Waals surface area contributed by atoms with E-state index in [0.29, 0.717) is 0 Å². The molecule has 0 N–H and O–H groups in total. The van der Waals surface area contributed by atoms with Gasteiger partial charge in [0, 0.05) is 6.92 Å². The molecular formula is C12H16O7. The first-order chi connectivity index (χ1) is 8.84. The van der Waals surface area contributed by atoms with Crippen LogP contribution in [0, 0.1) is 0 Å². The molecule has 2 atom stereocenters. The molecule has 0 aromatic rings. The predicted octanol–water partition coefficient (Wildman–Crippen LogP) is 0.484. The topological polar surface area (TPSA) is 80.3 Å². The van der Waals surface area contributed by atoms with Crippen molar-refractivity contribution in [3.05, 3.63) is 11.5 Å². The van der Waals surface area contributed by atoms with Gasteiger partial charge in [0.1, 0.15) is 6.10 Å². The highest BCUT2D eigenvalue weighted by atomic mass is 16.8. The summed E-state index contributed by atoms with van der Waals surface area (Å²) < 4.78 is 26.1. The molecule has 0 aliphatic carbocycles. The van der Waals surface area contributed by atoms with Gasteiger partial charge in [0.25, 0.3) is 0 Å². The average Bonchev–Trinajstić information content (AvgIpc) is 2.79. The molecule has 0 radical (unpaired) electrons. The minimum Gasteiger partial charge on any atom is -0.487 e. The van der Waals surface area contributed by atoms with E-state index in [1.165, 1.54) is 14.0 Å². The third kappa shape index (κ3) is 2.71. The second kappa shape index (κ2) is 4.82. The summed E-state index contributed by atoms with van der Waals surface area (Å²) in [6.07, 6.45) is -1.38. The van der Waals surface area contributed by atoms with Crippen LogP contribution in [0.15, 0.2) is 11.5 Å². The highest BCUT2D eigenvalue weighted by Crippen LogP contribution is 2.33. The van der Waals surface area contributed by atoms with Gasteiger partial charge in [-0.05, 0) is 13.8 Å². The second-order valence-electron chi connectivity index (χ2n) is 4.68. The van der Waals surface area contributed by atoms with Crippen molar-refractivity contribution in [2.45, 2.75) is 38.8 Å². The Morgan fingerprint density at radius 2 is 2.11 bits per heavy atom. The van der Waals surface area contributed by atoms with Gasteiger partial charge in [-0.2, -0.15) is 0 Å². The van der Waals surface area contributed by atoms with Gasteiger partial charge in [0.05, 0.1) is 13.7 Å².